The van der Waals surface area contributed by atoms with E-state index >= 15 is 4.39 Å². The number of thiophene rings is 1. The maximum Gasteiger partial charge on any atom is 0.309 e. The van der Waals surface area contributed by atoms with Gasteiger partial charge >= 0.3 is 11.9 Å². The Balaban J connectivity index is 1.44. The number of halogens is 1. The molecule has 0 saturated carbocycles. The summed E-state index contributed by atoms with van der Waals surface area (Å²) in [6.07, 6.45) is 2.62. The van der Waals surface area contributed by atoms with Crippen LogP contribution in [0.5, 0.6) is 23.0 Å². The molecule has 0 unspecified atom stereocenters. The number of hydrogen-bond donors (Lipinski definition) is 2. The second-order valence-electron chi connectivity index (χ2n) is 10.6. The number of benzene rings is 2. The van der Waals surface area contributed by atoms with Crippen molar-refractivity contribution in [3.63, 3.8) is 0 Å². The van der Waals surface area contributed by atoms with Gasteiger partial charge in [-0.15, -0.1) is 11.3 Å². The van der Waals surface area contributed by atoms with Crippen LogP contribution in [0.4, 0.5) is 4.39 Å². The van der Waals surface area contributed by atoms with Crippen molar-refractivity contribution in [2.45, 2.75) is 33.1 Å². The quantitative estimate of drug-likeness (QED) is 0.113. The third-order valence-electron chi connectivity index (χ3n) is 6.76. The fourth-order valence-corrected chi connectivity index (χ4v) is 5.34. The third kappa shape index (κ3) is 7.60. The first-order chi connectivity index (χ1) is 21.3. The van der Waals surface area contributed by atoms with Crippen molar-refractivity contribution >= 4 is 56.2 Å². The predicted molar refractivity (Wildman–Crippen MR) is 165 cm³/mol. The van der Waals surface area contributed by atoms with Crippen molar-refractivity contribution in [1.29, 1.82) is 0 Å². The number of carbonyl (C=O) groups excluding carboxylic acids is 1. The number of ether oxygens (including phenoxy) is 4. The molecule has 2 N–H and O–H groups in total. The van der Waals surface area contributed by atoms with Gasteiger partial charge in [0.05, 0.1) is 49.5 Å². The van der Waals surface area contributed by atoms with E-state index in [1.54, 1.807) is 6.07 Å². The van der Waals surface area contributed by atoms with Crippen LogP contribution in [0.1, 0.15) is 48.5 Å². The number of aliphatic carboxylic acids is 2. The summed E-state index contributed by atoms with van der Waals surface area (Å²) < 4.78 is 43.9. The van der Waals surface area contributed by atoms with Crippen molar-refractivity contribution in [1.82, 2.24) is 0 Å². The Hall–Kier alpha value is -4.91. The Morgan fingerprint density at radius 2 is 1.67 bits per heavy atom. The number of hydrogen-bond acceptors (Lipinski definition) is 10. The number of ketones is 1. The Morgan fingerprint density at radius 3 is 2.33 bits per heavy atom. The fraction of sp³-hybridized carbons (Fsp3) is 0.312. The van der Waals surface area contributed by atoms with Crippen molar-refractivity contribution in [3.05, 3.63) is 63.1 Å². The fourth-order valence-electron chi connectivity index (χ4n) is 4.31. The van der Waals surface area contributed by atoms with E-state index in [0.29, 0.717) is 16.9 Å². The van der Waals surface area contributed by atoms with E-state index in [1.165, 1.54) is 64.5 Å². The normalized spacial score (nSPS) is 11.7. The minimum absolute atomic E-state index is 0.0333. The van der Waals surface area contributed by atoms with E-state index in [9.17, 15) is 24.3 Å². The molecular weight excluding hydrogens is 611 g/mol. The standard InChI is InChI=1S/C32H31FO11S/c1-32(2,31(38)39)16-21(35)27-13-19-26(45-27)15-25(41-4)30(29(19)33)43-10-6-9-42-24-12-18-20(34)11-17(7-5-8-28(36)37)44-22(18)14-23(24)40-3/h5,7,11-15H,6,8-10,16H2,1-4H3,(H,36,37)(H,38,39)/b7-5+. The summed E-state index contributed by atoms with van der Waals surface area (Å²) in [6, 6.07) is 7.17. The molecule has 0 atom stereocenters. The van der Waals surface area contributed by atoms with Crippen LogP contribution in [-0.4, -0.2) is 55.4 Å². The molecule has 0 aliphatic rings. The zero-order chi connectivity index (χ0) is 32.9. The summed E-state index contributed by atoms with van der Waals surface area (Å²) in [5.41, 5.74) is -1.40. The van der Waals surface area contributed by atoms with Gasteiger partial charge in [-0.3, -0.25) is 19.2 Å². The van der Waals surface area contributed by atoms with Crippen molar-refractivity contribution in [2.24, 2.45) is 5.41 Å². The van der Waals surface area contributed by atoms with E-state index < -0.39 is 29.0 Å². The first kappa shape index (κ1) is 33.0. The van der Waals surface area contributed by atoms with Crippen LogP contribution in [0.2, 0.25) is 0 Å². The highest BCUT2D eigenvalue weighted by molar-refractivity contribution is 7.20. The van der Waals surface area contributed by atoms with Crippen LogP contribution < -0.4 is 24.4 Å². The molecule has 4 rings (SSSR count). The van der Waals surface area contributed by atoms with Gasteiger partial charge < -0.3 is 33.6 Å². The Labute approximate surface area is 260 Å². The highest BCUT2D eigenvalue weighted by Gasteiger charge is 2.31. The van der Waals surface area contributed by atoms with E-state index in [4.69, 9.17) is 28.5 Å². The molecule has 238 valence electrons. The minimum atomic E-state index is -1.27. The van der Waals surface area contributed by atoms with E-state index in [1.807, 2.05) is 0 Å². The van der Waals surface area contributed by atoms with Gasteiger partial charge in [-0.25, -0.2) is 4.39 Å². The lowest BCUT2D eigenvalue weighted by Crippen LogP contribution is -2.26. The van der Waals surface area contributed by atoms with Gasteiger partial charge in [0.25, 0.3) is 0 Å². The maximum absolute atomic E-state index is 15.5. The average Bonchev–Trinajstić information content (AvgIpc) is 3.42. The van der Waals surface area contributed by atoms with Gasteiger partial charge in [0.15, 0.2) is 40.0 Å². The molecule has 0 bridgehead atoms. The highest BCUT2D eigenvalue weighted by Crippen LogP contribution is 2.41. The molecule has 45 heavy (non-hydrogen) atoms. The van der Waals surface area contributed by atoms with Gasteiger partial charge in [0, 0.05) is 41.1 Å². The summed E-state index contributed by atoms with van der Waals surface area (Å²) >= 11 is 1.05. The van der Waals surface area contributed by atoms with Gasteiger partial charge in [0.1, 0.15) is 11.3 Å². The molecule has 2 aromatic heterocycles. The molecule has 11 nitrogen and oxygen atoms in total. The predicted octanol–water partition coefficient (Wildman–Crippen LogP) is 6.18. The van der Waals surface area contributed by atoms with Crippen LogP contribution in [0, 0.1) is 11.2 Å². The number of rotatable bonds is 15. The Kier molecular flexibility index (Phi) is 10.1. The lowest BCUT2D eigenvalue weighted by atomic mass is 9.87. The van der Waals surface area contributed by atoms with E-state index in [-0.39, 0.29) is 75.7 Å². The monoisotopic (exact) mass is 642 g/mol. The molecule has 0 aliphatic carbocycles. The largest absolute Gasteiger partial charge is 0.493 e. The SMILES string of the molecule is COc1cc2oc(/C=C/CC(=O)O)cc(=O)c2cc1OCCCOc1c(OC)cc2sc(C(=O)CC(C)(C)C(=O)O)cc2c1F. The van der Waals surface area contributed by atoms with Gasteiger partial charge in [0.2, 0.25) is 0 Å². The Bertz CT molecular complexity index is 1850. The lowest BCUT2D eigenvalue weighted by molar-refractivity contribution is -0.146. The molecular formula is C32H31FO11S. The lowest BCUT2D eigenvalue weighted by Gasteiger charge is -2.16. The van der Waals surface area contributed by atoms with Gasteiger partial charge in [-0.2, -0.15) is 0 Å². The molecule has 0 amide bonds. The van der Waals surface area contributed by atoms with Crippen LogP contribution in [0.3, 0.4) is 0 Å². The molecule has 2 aromatic carbocycles. The zero-order valence-corrected chi connectivity index (χ0v) is 25.7. The summed E-state index contributed by atoms with van der Waals surface area (Å²) in [7, 11) is 2.79. The number of carboxylic acid groups (broad SMARTS) is 2. The van der Waals surface area contributed by atoms with Crippen molar-refractivity contribution in [2.75, 3.05) is 27.4 Å². The second-order valence-corrected chi connectivity index (χ2v) is 11.7. The van der Waals surface area contributed by atoms with E-state index in [0.717, 1.165) is 11.3 Å². The van der Waals surface area contributed by atoms with E-state index in [2.05, 4.69) is 0 Å². The third-order valence-corrected chi connectivity index (χ3v) is 7.88. The topological polar surface area (TPSA) is 159 Å². The molecule has 0 radical (unpaired) electrons. The maximum atomic E-state index is 15.5. The Morgan fingerprint density at radius 1 is 0.956 bits per heavy atom. The molecule has 0 spiro atoms. The molecule has 0 aliphatic heterocycles. The summed E-state index contributed by atoms with van der Waals surface area (Å²) in [5, 5.41) is 18.5. The van der Waals surface area contributed by atoms with Crippen molar-refractivity contribution < 1.29 is 52.4 Å². The van der Waals surface area contributed by atoms with Crippen LogP contribution >= 0.6 is 11.3 Å². The summed E-state index contributed by atoms with van der Waals surface area (Å²) in [5.74, 6) is -2.48. The van der Waals surface area contributed by atoms with Crippen LogP contribution in [-0.2, 0) is 9.59 Å². The van der Waals surface area contributed by atoms with Crippen LogP contribution in [0.25, 0.3) is 27.1 Å². The molecule has 0 saturated heterocycles. The molecule has 4 aromatic rings. The van der Waals surface area contributed by atoms with Gasteiger partial charge in [-0.1, -0.05) is 6.08 Å². The smallest absolute Gasteiger partial charge is 0.309 e. The molecule has 0 fully saturated rings. The van der Waals surface area contributed by atoms with Crippen LogP contribution in [0.15, 0.2) is 45.6 Å². The molecule has 2 heterocycles. The molecule has 13 heteroatoms. The number of methoxy groups -OCH3 is 2. The summed E-state index contributed by atoms with van der Waals surface area (Å²) in [6.45, 7) is 3.06. The average molecular weight is 643 g/mol. The van der Waals surface area contributed by atoms with Gasteiger partial charge in [-0.05, 0) is 32.1 Å². The first-order valence-electron chi connectivity index (χ1n) is 13.7. The minimum Gasteiger partial charge on any atom is -0.493 e. The number of carboxylic acids is 2. The summed E-state index contributed by atoms with van der Waals surface area (Å²) in [4.78, 5) is 47.8. The number of Topliss-reactive ketones (excluding diaryl/α,β-unsaturated/α-hetero) is 1. The second kappa shape index (κ2) is 13.8. The highest BCUT2D eigenvalue weighted by atomic mass is 32.1. The van der Waals surface area contributed by atoms with Crippen molar-refractivity contribution in [3.8, 4) is 23.0 Å². The first-order valence-corrected chi connectivity index (χ1v) is 14.5. The number of carbonyl (C=O) groups is 3. The zero-order valence-electron chi connectivity index (χ0n) is 24.9. The number of fused-ring (bicyclic) bond motifs is 2.